The average Bonchev–Trinajstić information content (AvgIpc) is 2.23. The third-order valence-corrected chi connectivity index (χ3v) is 2.37. The molecule has 0 aromatic heterocycles. The molecule has 0 spiro atoms. The van der Waals surface area contributed by atoms with Crippen molar-refractivity contribution < 1.29 is 39.5 Å². The van der Waals surface area contributed by atoms with Gasteiger partial charge in [0.05, 0.1) is 11.1 Å². The molecule has 1 nitrogen and oxygen atoms in total. The Labute approximate surface area is 106 Å². The lowest BCUT2D eigenvalue weighted by Crippen LogP contribution is -2.29. The number of nitrogens with two attached hydrogens (primary N) is 1. The van der Waals surface area contributed by atoms with Crippen LogP contribution in [-0.2, 0) is 12.4 Å². The van der Waals surface area contributed by atoms with Gasteiger partial charge in [-0.3, -0.25) is 0 Å². The summed E-state index contributed by atoms with van der Waals surface area (Å²) in [5, 5.41) is 0. The van der Waals surface area contributed by atoms with Crippen molar-refractivity contribution >= 4 is 0 Å². The maximum Gasteiger partial charge on any atom is 0.417 e. The van der Waals surface area contributed by atoms with Crippen LogP contribution in [-0.4, -0.2) is 6.18 Å². The molecule has 0 aliphatic heterocycles. The molecule has 0 saturated carbocycles. The van der Waals surface area contributed by atoms with E-state index in [-0.39, 0.29) is 18.2 Å². The minimum atomic E-state index is -5.45. The molecule has 0 fully saturated rings. The van der Waals surface area contributed by atoms with E-state index in [1.165, 1.54) is 0 Å². The van der Waals surface area contributed by atoms with Crippen molar-refractivity contribution in [3.63, 3.8) is 0 Å². The van der Waals surface area contributed by atoms with Crippen LogP contribution in [0, 0.1) is 0 Å². The summed E-state index contributed by atoms with van der Waals surface area (Å²) in [6.45, 7) is 0. The number of halogens is 9. The Morgan fingerprint density at radius 3 is 1.55 bits per heavy atom. The van der Waals surface area contributed by atoms with E-state index >= 15 is 0 Å². The maximum atomic E-state index is 12.5. The van der Waals surface area contributed by atoms with E-state index in [9.17, 15) is 39.5 Å². The van der Waals surface area contributed by atoms with E-state index in [2.05, 4.69) is 5.73 Å². The summed E-state index contributed by atoms with van der Waals surface area (Å²) in [4.78, 5) is 0. The molecule has 1 aromatic carbocycles. The summed E-state index contributed by atoms with van der Waals surface area (Å²) < 4.78 is 111. The molecule has 114 valence electrons. The summed E-state index contributed by atoms with van der Waals surface area (Å²) in [6, 6.07) is -2.83. The number of benzene rings is 1. The van der Waals surface area contributed by atoms with Crippen molar-refractivity contribution in [2.24, 2.45) is 5.73 Å². The van der Waals surface area contributed by atoms with Crippen LogP contribution in [0.3, 0.4) is 0 Å². The molecule has 20 heavy (non-hydrogen) atoms. The predicted molar refractivity (Wildman–Crippen MR) is 49.4 cm³/mol. The first-order valence-corrected chi connectivity index (χ1v) is 4.85. The van der Waals surface area contributed by atoms with E-state index in [0.29, 0.717) is 0 Å². The van der Waals surface area contributed by atoms with Crippen molar-refractivity contribution in [3.05, 3.63) is 34.9 Å². The van der Waals surface area contributed by atoms with Crippen molar-refractivity contribution in [1.29, 1.82) is 0 Å². The second-order valence-corrected chi connectivity index (χ2v) is 3.82. The topological polar surface area (TPSA) is 26.0 Å². The Morgan fingerprint density at radius 2 is 1.20 bits per heavy atom. The molecule has 0 bridgehead atoms. The van der Waals surface area contributed by atoms with Gasteiger partial charge < -0.3 is 5.73 Å². The zero-order valence-electron chi connectivity index (χ0n) is 9.29. The van der Waals surface area contributed by atoms with Gasteiger partial charge in [0.15, 0.2) is 0 Å². The Bertz CT molecular complexity index is 483. The van der Waals surface area contributed by atoms with Crippen LogP contribution in [0.25, 0.3) is 0 Å². The van der Waals surface area contributed by atoms with Crippen molar-refractivity contribution in [1.82, 2.24) is 0 Å². The lowest BCUT2D eigenvalue weighted by Gasteiger charge is -2.20. The van der Waals surface area contributed by atoms with E-state index < -0.39 is 41.3 Å². The zero-order valence-corrected chi connectivity index (χ0v) is 9.29. The third kappa shape index (κ3) is 3.56. The number of rotatable bonds is 1. The van der Waals surface area contributed by atoms with Gasteiger partial charge in [-0.2, -0.15) is 39.5 Å². The van der Waals surface area contributed by atoms with E-state index in [1.54, 1.807) is 0 Å². The van der Waals surface area contributed by atoms with Gasteiger partial charge in [0.25, 0.3) is 0 Å². The summed E-state index contributed by atoms with van der Waals surface area (Å²) in [5.74, 6) is 0. The fourth-order valence-corrected chi connectivity index (χ4v) is 1.43. The van der Waals surface area contributed by atoms with Gasteiger partial charge in [0.2, 0.25) is 0 Å². The largest absolute Gasteiger partial charge is 0.417 e. The first kappa shape index (κ1) is 16.6. The summed E-state index contributed by atoms with van der Waals surface area (Å²) >= 11 is 0. The average molecular weight is 311 g/mol. The molecule has 0 unspecified atom stereocenters. The third-order valence-electron chi connectivity index (χ3n) is 2.37. The molecule has 2 N–H and O–H groups in total. The quantitative estimate of drug-likeness (QED) is 0.770. The van der Waals surface area contributed by atoms with E-state index in [0.717, 1.165) is 0 Å². The molecule has 10 heteroatoms. The summed E-state index contributed by atoms with van der Waals surface area (Å²) in [7, 11) is 0. The SMILES string of the molecule is N[C@@H](c1ccc(C(F)(F)F)c(C(F)(F)F)c1)C(F)(F)F. The van der Waals surface area contributed by atoms with Gasteiger partial charge in [-0.15, -0.1) is 0 Å². The lowest BCUT2D eigenvalue weighted by molar-refractivity contribution is -0.162. The molecule has 1 aromatic rings. The van der Waals surface area contributed by atoms with Crippen LogP contribution in [0.2, 0.25) is 0 Å². The van der Waals surface area contributed by atoms with Gasteiger partial charge in [-0.05, 0) is 17.7 Å². The first-order valence-electron chi connectivity index (χ1n) is 4.85. The molecule has 0 radical (unpaired) electrons. The fraction of sp³-hybridized carbons (Fsp3) is 0.400. The molecule has 0 aliphatic rings. The van der Waals surface area contributed by atoms with Crippen LogP contribution in [0.1, 0.15) is 22.7 Å². The van der Waals surface area contributed by atoms with E-state index in [1.807, 2.05) is 0 Å². The van der Waals surface area contributed by atoms with Crippen LogP contribution >= 0.6 is 0 Å². The zero-order chi connectivity index (χ0) is 15.9. The van der Waals surface area contributed by atoms with Gasteiger partial charge in [0.1, 0.15) is 6.04 Å². The fourth-order valence-electron chi connectivity index (χ4n) is 1.43. The second-order valence-electron chi connectivity index (χ2n) is 3.82. The highest BCUT2D eigenvalue weighted by molar-refractivity contribution is 5.37. The molecular weight excluding hydrogens is 305 g/mol. The Kier molecular flexibility index (Phi) is 4.01. The van der Waals surface area contributed by atoms with Gasteiger partial charge in [-0.25, -0.2) is 0 Å². The molecule has 0 aliphatic carbocycles. The standard InChI is InChI=1S/C10H6F9N/c11-8(12,13)5-2-1-4(7(20)10(17,18)19)3-6(5)9(14,15)16/h1-3,7H,20H2/t7-/m0/s1. The van der Waals surface area contributed by atoms with Crippen molar-refractivity contribution in [2.75, 3.05) is 0 Å². The second kappa shape index (κ2) is 4.83. The van der Waals surface area contributed by atoms with Crippen LogP contribution < -0.4 is 5.73 Å². The predicted octanol–water partition coefficient (Wildman–Crippen LogP) is 4.29. The monoisotopic (exact) mass is 311 g/mol. The molecule has 1 rings (SSSR count). The Hall–Kier alpha value is -1.45. The Morgan fingerprint density at radius 1 is 0.750 bits per heavy atom. The van der Waals surface area contributed by atoms with Gasteiger partial charge in [-0.1, -0.05) is 6.07 Å². The highest BCUT2D eigenvalue weighted by Crippen LogP contribution is 2.42. The van der Waals surface area contributed by atoms with Crippen LogP contribution in [0.5, 0.6) is 0 Å². The first-order chi connectivity index (χ1) is 8.74. The highest BCUT2D eigenvalue weighted by Gasteiger charge is 2.45. The van der Waals surface area contributed by atoms with Crippen LogP contribution in [0.15, 0.2) is 18.2 Å². The van der Waals surface area contributed by atoms with Crippen molar-refractivity contribution in [3.8, 4) is 0 Å². The van der Waals surface area contributed by atoms with Crippen molar-refractivity contribution in [2.45, 2.75) is 24.6 Å². The molecule has 0 amide bonds. The molecule has 0 saturated heterocycles. The minimum absolute atomic E-state index is 0.0657. The number of alkyl halides is 9. The van der Waals surface area contributed by atoms with Gasteiger partial charge >= 0.3 is 18.5 Å². The lowest BCUT2D eigenvalue weighted by atomic mass is 9.99. The summed E-state index contributed by atoms with van der Waals surface area (Å²) in [5.41, 5.74) is -0.702. The summed E-state index contributed by atoms with van der Waals surface area (Å²) in [6.07, 6.45) is -15.9. The normalized spacial score (nSPS) is 15.3. The highest BCUT2D eigenvalue weighted by atomic mass is 19.4. The molecule has 0 heterocycles. The van der Waals surface area contributed by atoms with Crippen LogP contribution in [0.4, 0.5) is 39.5 Å². The van der Waals surface area contributed by atoms with E-state index in [4.69, 9.17) is 0 Å². The smallest absolute Gasteiger partial charge is 0.316 e. The molecular formula is C10H6F9N. The maximum absolute atomic E-state index is 12.5. The minimum Gasteiger partial charge on any atom is -0.316 e. The number of hydrogen-bond acceptors (Lipinski definition) is 1. The Balaban J connectivity index is 3.44. The van der Waals surface area contributed by atoms with Gasteiger partial charge in [0, 0.05) is 0 Å². The number of hydrogen-bond donors (Lipinski definition) is 1. The molecule has 1 atom stereocenters.